The van der Waals surface area contributed by atoms with Crippen LogP contribution in [0, 0.1) is 0 Å². The molecule has 2 heterocycles. The van der Waals surface area contributed by atoms with E-state index >= 15 is 0 Å². The van der Waals surface area contributed by atoms with Crippen LogP contribution in [0.4, 0.5) is 0 Å². The number of aryl methyl sites for hydroxylation is 1. The molecule has 0 radical (unpaired) electrons. The van der Waals surface area contributed by atoms with E-state index in [0.717, 1.165) is 19.4 Å². The Balaban J connectivity index is 1.87. The molecule has 0 bridgehead atoms. The maximum absolute atomic E-state index is 5.79. The Morgan fingerprint density at radius 1 is 1.35 bits per heavy atom. The molecule has 0 saturated carbocycles. The Morgan fingerprint density at radius 3 is 3.06 bits per heavy atom. The summed E-state index contributed by atoms with van der Waals surface area (Å²) in [6.07, 6.45) is 12.1. The summed E-state index contributed by atoms with van der Waals surface area (Å²) in [6, 6.07) is 2.14. The molecule has 96 valence electrons. The third-order valence-electron chi connectivity index (χ3n) is 3.47. The summed E-state index contributed by atoms with van der Waals surface area (Å²) in [4.78, 5) is 0. The van der Waals surface area contributed by atoms with Crippen molar-refractivity contribution in [1.82, 2.24) is 9.78 Å². The topological polar surface area (TPSA) is 27.1 Å². The molecule has 1 aliphatic rings. The lowest BCUT2D eigenvalue weighted by Crippen LogP contribution is -2.20. The molecule has 0 aromatic carbocycles. The Hall–Kier alpha value is -0.830. The molecule has 2 rings (SSSR count). The Labute approximate surface area is 104 Å². The molecule has 3 nitrogen and oxygen atoms in total. The highest BCUT2D eigenvalue weighted by molar-refractivity contribution is 5.01. The first kappa shape index (κ1) is 12.6. The van der Waals surface area contributed by atoms with Crippen molar-refractivity contribution in [2.45, 2.75) is 64.5 Å². The summed E-state index contributed by atoms with van der Waals surface area (Å²) >= 11 is 0. The zero-order chi connectivity index (χ0) is 11.9. The second-order valence-electron chi connectivity index (χ2n) is 4.90. The summed E-state index contributed by atoms with van der Waals surface area (Å²) in [5, 5.41) is 4.43. The first-order valence-corrected chi connectivity index (χ1v) is 7.06. The number of rotatable bonds is 6. The van der Waals surface area contributed by atoms with Gasteiger partial charge in [-0.05, 0) is 38.2 Å². The van der Waals surface area contributed by atoms with Crippen LogP contribution >= 0.6 is 0 Å². The summed E-state index contributed by atoms with van der Waals surface area (Å²) in [6.45, 7) is 3.14. The van der Waals surface area contributed by atoms with Crippen molar-refractivity contribution >= 4 is 0 Å². The molecule has 3 heteroatoms. The number of hydrogen-bond acceptors (Lipinski definition) is 2. The fourth-order valence-corrected chi connectivity index (χ4v) is 2.45. The highest BCUT2D eigenvalue weighted by Crippen LogP contribution is 2.23. The van der Waals surface area contributed by atoms with Crippen LogP contribution in [-0.4, -0.2) is 16.4 Å². The quantitative estimate of drug-likeness (QED) is 0.704. The normalized spacial score (nSPS) is 20.6. The molecule has 0 N–H and O–H groups in total. The van der Waals surface area contributed by atoms with Gasteiger partial charge in [-0.1, -0.05) is 26.2 Å². The van der Waals surface area contributed by atoms with E-state index in [0.29, 0.717) is 0 Å². The first-order valence-electron chi connectivity index (χ1n) is 7.06. The van der Waals surface area contributed by atoms with Crippen LogP contribution in [-0.2, 0) is 11.2 Å². The first-order chi connectivity index (χ1) is 8.42. The SMILES string of the molecule is CCCCCCc1ccnn1C1CCCCO1. The molecule has 1 aromatic heterocycles. The molecule has 1 saturated heterocycles. The molecular formula is C14H24N2O. The zero-order valence-electron chi connectivity index (χ0n) is 10.9. The van der Waals surface area contributed by atoms with Gasteiger partial charge in [0.15, 0.2) is 0 Å². The number of hydrogen-bond donors (Lipinski definition) is 0. The molecule has 0 spiro atoms. The van der Waals surface area contributed by atoms with Crippen LogP contribution < -0.4 is 0 Å². The van der Waals surface area contributed by atoms with Crippen molar-refractivity contribution in [3.05, 3.63) is 18.0 Å². The molecule has 1 aromatic rings. The molecule has 17 heavy (non-hydrogen) atoms. The van der Waals surface area contributed by atoms with E-state index in [1.165, 1.54) is 44.2 Å². The fraction of sp³-hybridized carbons (Fsp3) is 0.786. The van der Waals surface area contributed by atoms with Gasteiger partial charge in [0.05, 0.1) is 0 Å². The molecule has 1 atom stereocenters. The average Bonchev–Trinajstić information content (AvgIpc) is 2.84. The standard InChI is InChI=1S/C14H24N2O/c1-2-3-4-5-8-13-10-11-15-16(13)14-9-6-7-12-17-14/h10-11,14H,2-9,12H2,1H3. The highest BCUT2D eigenvalue weighted by atomic mass is 16.5. The predicted octanol–water partition coefficient (Wildman–Crippen LogP) is 3.71. The van der Waals surface area contributed by atoms with Gasteiger partial charge in [0.2, 0.25) is 0 Å². The van der Waals surface area contributed by atoms with Gasteiger partial charge in [-0.3, -0.25) is 0 Å². The Bertz CT molecular complexity index is 316. The van der Waals surface area contributed by atoms with Gasteiger partial charge in [-0.2, -0.15) is 5.10 Å². The minimum atomic E-state index is 0.194. The number of ether oxygens (including phenoxy) is 1. The van der Waals surface area contributed by atoms with Crippen LogP contribution in [0.15, 0.2) is 12.3 Å². The molecule has 0 aliphatic carbocycles. The van der Waals surface area contributed by atoms with Crippen molar-refractivity contribution in [3.8, 4) is 0 Å². The molecule has 1 aliphatic heterocycles. The van der Waals surface area contributed by atoms with E-state index in [1.807, 2.05) is 6.20 Å². The smallest absolute Gasteiger partial charge is 0.150 e. The van der Waals surface area contributed by atoms with E-state index < -0.39 is 0 Å². The molecule has 1 unspecified atom stereocenters. The lowest BCUT2D eigenvalue weighted by molar-refractivity contribution is -0.0411. The third kappa shape index (κ3) is 3.56. The molecule has 1 fully saturated rings. The van der Waals surface area contributed by atoms with Gasteiger partial charge >= 0.3 is 0 Å². The number of unbranched alkanes of at least 4 members (excludes halogenated alkanes) is 3. The molecule has 0 amide bonds. The summed E-state index contributed by atoms with van der Waals surface area (Å²) < 4.78 is 7.89. The van der Waals surface area contributed by atoms with Crippen LogP contribution in [0.3, 0.4) is 0 Å². The lowest BCUT2D eigenvalue weighted by atomic mass is 10.1. The van der Waals surface area contributed by atoms with Crippen molar-refractivity contribution in [3.63, 3.8) is 0 Å². The van der Waals surface area contributed by atoms with E-state index in [2.05, 4.69) is 22.8 Å². The molecular weight excluding hydrogens is 212 g/mol. The average molecular weight is 236 g/mol. The second-order valence-corrected chi connectivity index (χ2v) is 4.90. The van der Waals surface area contributed by atoms with Crippen LogP contribution in [0.1, 0.15) is 63.8 Å². The van der Waals surface area contributed by atoms with Gasteiger partial charge < -0.3 is 4.74 Å². The van der Waals surface area contributed by atoms with Crippen molar-refractivity contribution < 1.29 is 4.74 Å². The largest absolute Gasteiger partial charge is 0.357 e. The monoisotopic (exact) mass is 236 g/mol. The highest BCUT2D eigenvalue weighted by Gasteiger charge is 2.18. The summed E-state index contributed by atoms with van der Waals surface area (Å²) in [7, 11) is 0. The van der Waals surface area contributed by atoms with Gasteiger partial charge in [-0.15, -0.1) is 0 Å². The van der Waals surface area contributed by atoms with Crippen LogP contribution in [0.25, 0.3) is 0 Å². The van der Waals surface area contributed by atoms with E-state index in [9.17, 15) is 0 Å². The second kappa shape index (κ2) is 6.80. The number of nitrogens with zero attached hydrogens (tertiary/aromatic N) is 2. The van der Waals surface area contributed by atoms with E-state index in [4.69, 9.17) is 4.74 Å². The van der Waals surface area contributed by atoms with E-state index in [-0.39, 0.29) is 6.23 Å². The van der Waals surface area contributed by atoms with Crippen molar-refractivity contribution in [2.75, 3.05) is 6.61 Å². The summed E-state index contributed by atoms with van der Waals surface area (Å²) in [5.74, 6) is 0. The minimum absolute atomic E-state index is 0.194. The van der Waals surface area contributed by atoms with Crippen molar-refractivity contribution in [1.29, 1.82) is 0 Å². The van der Waals surface area contributed by atoms with Crippen molar-refractivity contribution in [2.24, 2.45) is 0 Å². The number of aromatic nitrogens is 2. The third-order valence-corrected chi connectivity index (χ3v) is 3.47. The fourth-order valence-electron chi connectivity index (χ4n) is 2.45. The van der Waals surface area contributed by atoms with Gasteiger partial charge in [0, 0.05) is 18.5 Å². The lowest BCUT2D eigenvalue weighted by Gasteiger charge is -2.24. The minimum Gasteiger partial charge on any atom is -0.357 e. The summed E-state index contributed by atoms with van der Waals surface area (Å²) in [5.41, 5.74) is 1.34. The maximum Gasteiger partial charge on any atom is 0.150 e. The maximum atomic E-state index is 5.79. The van der Waals surface area contributed by atoms with E-state index in [1.54, 1.807) is 0 Å². The van der Waals surface area contributed by atoms with Gasteiger partial charge in [0.25, 0.3) is 0 Å². The van der Waals surface area contributed by atoms with Gasteiger partial charge in [0.1, 0.15) is 6.23 Å². The zero-order valence-corrected chi connectivity index (χ0v) is 10.9. The Kier molecular flexibility index (Phi) is 5.05. The van der Waals surface area contributed by atoms with Crippen LogP contribution in [0.5, 0.6) is 0 Å². The predicted molar refractivity (Wildman–Crippen MR) is 68.9 cm³/mol. The Morgan fingerprint density at radius 2 is 2.29 bits per heavy atom. The van der Waals surface area contributed by atoms with Gasteiger partial charge in [-0.25, -0.2) is 4.68 Å². The van der Waals surface area contributed by atoms with Crippen LogP contribution in [0.2, 0.25) is 0 Å².